The first-order valence-electron chi connectivity index (χ1n) is 6.80. The van der Waals surface area contributed by atoms with Gasteiger partial charge in [0.2, 0.25) is 0 Å². The zero-order valence-electron chi connectivity index (χ0n) is 12.0. The Morgan fingerprint density at radius 1 is 1.29 bits per heavy atom. The first-order valence-corrected chi connectivity index (χ1v) is 7.18. The summed E-state index contributed by atoms with van der Waals surface area (Å²) in [6, 6.07) is 10.6. The number of carbonyl (C=O) groups is 1. The predicted molar refractivity (Wildman–Crippen MR) is 82.3 cm³/mol. The smallest absolute Gasteiger partial charge is 0.287 e. The molecule has 5 heteroatoms. The molecule has 1 aromatic heterocycles. The Morgan fingerprint density at radius 3 is 2.67 bits per heavy atom. The number of aliphatic hydroxyl groups is 1. The summed E-state index contributed by atoms with van der Waals surface area (Å²) < 4.78 is 5.53. The average Bonchev–Trinajstić information content (AvgIpc) is 2.94. The van der Waals surface area contributed by atoms with Crippen molar-refractivity contribution >= 4 is 17.5 Å². The van der Waals surface area contributed by atoms with Crippen LogP contribution in [-0.2, 0) is 0 Å². The van der Waals surface area contributed by atoms with Crippen molar-refractivity contribution < 1.29 is 14.3 Å². The number of hydrogen-bond donors (Lipinski definition) is 2. The summed E-state index contributed by atoms with van der Waals surface area (Å²) in [5.74, 6) is 0.463. The Labute approximate surface area is 128 Å². The third kappa shape index (κ3) is 3.86. The molecular weight excluding hydrogens is 290 g/mol. The minimum Gasteiger partial charge on any atom is -0.451 e. The normalized spacial score (nSPS) is 12.4. The average molecular weight is 308 g/mol. The monoisotopic (exact) mass is 307 g/mol. The van der Waals surface area contributed by atoms with Gasteiger partial charge in [-0.1, -0.05) is 37.6 Å². The second-order valence-electron chi connectivity index (χ2n) is 5.17. The van der Waals surface area contributed by atoms with Gasteiger partial charge in [-0.2, -0.15) is 0 Å². The van der Waals surface area contributed by atoms with Crippen LogP contribution in [0.25, 0.3) is 11.3 Å². The number of furan rings is 1. The number of rotatable bonds is 5. The van der Waals surface area contributed by atoms with Gasteiger partial charge in [-0.15, -0.1) is 0 Å². The van der Waals surface area contributed by atoms with E-state index in [0.717, 1.165) is 5.56 Å². The molecule has 1 unspecified atom stereocenters. The quantitative estimate of drug-likeness (QED) is 0.890. The molecule has 112 valence electrons. The number of amides is 1. The molecule has 4 nitrogen and oxygen atoms in total. The Bertz CT molecular complexity index is 621. The lowest BCUT2D eigenvalue weighted by atomic mass is 10.1. The molecule has 0 radical (unpaired) electrons. The van der Waals surface area contributed by atoms with E-state index in [-0.39, 0.29) is 24.1 Å². The highest BCUT2D eigenvalue weighted by Crippen LogP contribution is 2.28. The maximum Gasteiger partial charge on any atom is 0.287 e. The minimum absolute atomic E-state index is 0.0839. The van der Waals surface area contributed by atoms with Gasteiger partial charge < -0.3 is 14.8 Å². The van der Waals surface area contributed by atoms with Crippen molar-refractivity contribution in [2.75, 3.05) is 6.54 Å². The molecule has 1 heterocycles. The molecule has 21 heavy (non-hydrogen) atoms. The van der Waals surface area contributed by atoms with Gasteiger partial charge in [0.05, 0.1) is 11.1 Å². The highest BCUT2D eigenvalue weighted by molar-refractivity contribution is 6.33. The highest BCUT2D eigenvalue weighted by atomic mass is 35.5. The fourth-order valence-corrected chi connectivity index (χ4v) is 2.01. The number of hydrogen-bond acceptors (Lipinski definition) is 3. The number of carbonyl (C=O) groups excluding carboxylic acids is 1. The molecular formula is C16H18ClNO3. The lowest BCUT2D eigenvalue weighted by molar-refractivity contribution is 0.0847. The van der Waals surface area contributed by atoms with E-state index in [2.05, 4.69) is 5.32 Å². The third-order valence-corrected chi connectivity index (χ3v) is 3.54. The van der Waals surface area contributed by atoms with E-state index in [9.17, 15) is 9.90 Å². The Kier molecular flexibility index (Phi) is 5.04. The van der Waals surface area contributed by atoms with Gasteiger partial charge in [0.1, 0.15) is 5.76 Å². The van der Waals surface area contributed by atoms with Crippen LogP contribution in [0.5, 0.6) is 0 Å². The highest BCUT2D eigenvalue weighted by Gasteiger charge is 2.16. The zero-order chi connectivity index (χ0) is 15.4. The summed E-state index contributed by atoms with van der Waals surface area (Å²) in [5, 5.41) is 12.9. The van der Waals surface area contributed by atoms with Crippen molar-refractivity contribution in [3.8, 4) is 11.3 Å². The molecule has 0 aliphatic rings. The molecule has 0 fully saturated rings. The molecule has 0 aliphatic carbocycles. The van der Waals surface area contributed by atoms with E-state index in [4.69, 9.17) is 16.0 Å². The summed E-state index contributed by atoms with van der Waals surface area (Å²) >= 11 is 6.09. The minimum atomic E-state index is -0.577. The van der Waals surface area contributed by atoms with Crippen molar-refractivity contribution in [2.24, 2.45) is 5.92 Å². The molecule has 2 aromatic rings. The number of halogens is 1. The summed E-state index contributed by atoms with van der Waals surface area (Å²) in [6.45, 7) is 3.97. The number of benzene rings is 1. The lowest BCUT2D eigenvalue weighted by Crippen LogP contribution is -2.34. The van der Waals surface area contributed by atoms with Crippen molar-refractivity contribution in [1.29, 1.82) is 0 Å². The van der Waals surface area contributed by atoms with Crippen LogP contribution in [-0.4, -0.2) is 23.7 Å². The van der Waals surface area contributed by atoms with E-state index < -0.39 is 6.10 Å². The largest absolute Gasteiger partial charge is 0.451 e. The van der Waals surface area contributed by atoms with E-state index in [1.165, 1.54) is 0 Å². The first kappa shape index (κ1) is 15.6. The van der Waals surface area contributed by atoms with Gasteiger partial charge >= 0.3 is 0 Å². The summed E-state index contributed by atoms with van der Waals surface area (Å²) in [6.07, 6.45) is -0.577. The van der Waals surface area contributed by atoms with E-state index in [0.29, 0.717) is 10.8 Å². The van der Waals surface area contributed by atoms with Gasteiger partial charge in [0.25, 0.3) is 5.91 Å². The molecule has 0 spiro atoms. The fourth-order valence-electron chi connectivity index (χ4n) is 1.79. The summed E-state index contributed by atoms with van der Waals surface area (Å²) in [4.78, 5) is 12.0. The molecule has 0 aliphatic heterocycles. The zero-order valence-corrected chi connectivity index (χ0v) is 12.7. The Morgan fingerprint density at radius 2 is 2.00 bits per heavy atom. The van der Waals surface area contributed by atoms with Crippen LogP contribution >= 0.6 is 11.6 Å². The number of nitrogens with one attached hydrogen (secondary N) is 1. The van der Waals surface area contributed by atoms with Crippen molar-refractivity contribution in [2.45, 2.75) is 20.0 Å². The van der Waals surface area contributed by atoms with Crippen molar-refractivity contribution in [3.63, 3.8) is 0 Å². The molecule has 1 amide bonds. The molecule has 1 aromatic carbocycles. The van der Waals surface area contributed by atoms with Gasteiger partial charge in [-0.3, -0.25) is 4.79 Å². The Hall–Kier alpha value is -1.78. The van der Waals surface area contributed by atoms with Crippen LogP contribution in [0.15, 0.2) is 40.8 Å². The number of aliphatic hydroxyl groups excluding tert-OH is 1. The van der Waals surface area contributed by atoms with Crippen LogP contribution < -0.4 is 5.32 Å². The molecule has 1 atom stereocenters. The van der Waals surface area contributed by atoms with Gasteiger partial charge in [-0.25, -0.2) is 0 Å². The van der Waals surface area contributed by atoms with Crippen molar-refractivity contribution in [1.82, 2.24) is 5.32 Å². The standard InChI is InChI=1S/C16H18ClNO3/c1-10(2)13(19)9-18-16(20)15-8-7-14(21-15)11-5-3-4-6-12(11)17/h3-8,10,13,19H,9H2,1-2H3,(H,18,20). The SMILES string of the molecule is CC(C)C(O)CNC(=O)c1ccc(-c2ccccc2Cl)o1. The maximum atomic E-state index is 12.0. The molecule has 0 bridgehead atoms. The Balaban J connectivity index is 2.06. The fraction of sp³-hybridized carbons (Fsp3) is 0.312. The second-order valence-corrected chi connectivity index (χ2v) is 5.57. The van der Waals surface area contributed by atoms with Crippen LogP contribution in [0.2, 0.25) is 5.02 Å². The molecule has 0 saturated heterocycles. The van der Waals surface area contributed by atoms with Crippen LogP contribution in [0.3, 0.4) is 0 Å². The van der Waals surface area contributed by atoms with Gasteiger partial charge in [-0.05, 0) is 30.2 Å². The molecule has 2 N–H and O–H groups in total. The van der Waals surface area contributed by atoms with Crippen LogP contribution in [0.4, 0.5) is 0 Å². The van der Waals surface area contributed by atoms with Crippen LogP contribution in [0.1, 0.15) is 24.4 Å². The first-order chi connectivity index (χ1) is 9.99. The van der Waals surface area contributed by atoms with Crippen LogP contribution in [0, 0.1) is 5.92 Å². The third-order valence-electron chi connectivity index (χ3n) is 3.21. The van der Waals surface area contributed by atoms with Gasteiger partial charge in [0.15, 0.2) is 5.76 Å². The van der Waals surface area contributed by atoms with E-state index in [1.54, 1.807) is 18.2 Å². The maximum absolute atomic E-state index is 12.0. The van der Waals surface area contributed by atoms with Crippen molar-refractivity contribution in [3.05, 3.63) is 47.2 Å². The predicted octanol–water partition coefficient (Wildman–Crippen LogP) is 3.35. The van der Waals surface area contributed by atoms with E-state index in [1.807, 2.05) is 32.0 Å². The second kappa shape index (κ2) is 6.78. The van der Waals surface area contributed by atoms with Gasteiger partial charge in [0, 0.05) is 12.1 Å². The lowest BCUT2D eigenvalue weighted by Gasteiger charge is -2.14. The molecule has 0 saturated carbocycles. The summed E-state index contributed by atoms with van der Waals surface area (Å²) in [7, 11) is 0. The molecule has 2 rings (SSSR count). The topological polar surface area (TPSA) is 62.5 Å². The summed E-state index contributed by atoms with van der Waals surface area (Å²) in [5.41, 5.74) is 0.737. The van der Waals surface area contributed by atoms with E-state index >= 15 is 0 Å².